The molecule has 6 nitrogen and oxygen atoms in total. The first-order chi connectivity index (χ1) is 10.7. The van der Waals surface area contributed by atoms with Gasteiger partial charge in [0.25, 0.3) is 0 Å². The molecule has 0 unspecified atom stereocenters. The summed E-state index contributed by atoms with van der Waals surface area (Å²) in [5.41, 5.74) is 2.10. The Labute approximate surface area is 127 Å². The molecule has 3 heterocycles. The van der Waals surface area contributed by atoms with Crippen LogP contribution in [-0.4, -0.2) is 39.0 Å². The third kappa shape index (κ3) is 2.16. The molecule has 0 radical (unpaired) electrons. The van der Waals surface area contributed by atoms with Crippen molar-refractivity contribution in [1.29, 1.82) is 0 Å². The van der Waals surface area contributed by atoms with Gasteiger partial charge < -0.3 is 14.4 Å². The standard InChI is InChI=1S/C16H16N4O2/c1-10-18-16(22-19-10)12-8-20(9-12)15(21)6-11-7-17-14-5-3-2-4-13(11)14/h2-5,7,12,17H,6,8-9H2,1H3. The highest BCUT2D eigenvalue weighted by Gasteiger charge is 2.35. The average molecular weight is 296 g/mol. The van der Waals surface area contributed by atoms with Crippen molar-refractivity contribution < 1.29 is 9.32 Å². The van der Waals surface area contributed by atoms with E-state index in [0.29, 0.717) is 31.2 Å². The first kappa shape index (κ1) is 13.1. The van der Waals surface area contributed by atoms with Crippen molar-refractivity contribution in [1.82, 2.24) is 20.0 Å². The number of carbonyl (C=O) groups excluding carboxylic acids is 1. The lowest BCUT2D eigenvalue weighted by Crippen LogP contribution is -2.49. The molecule has 1 aliphatic rings. The van der Waals surface area contributed by atoms with E-state index in [1.807, 2.05) is 35.4 Å². The summed E-state index contributed by atoms with van der Waals surface area (Å²) in [7, 11) is 0. The van der Waals surface area contributed by atoms with Crippen LogP contribution in [0.15, 0.2) is 35.0 Å². The van der Waals surface area contributed by atoms with Crippen molar-refractivity contribution in [2.45, 2.75) is 19.3 Å². The number of aromatic nitrogens is 3. The van der Waals surface area contributed by atoms with E-state index in [0.717, 1.165) is 16.5 Å². The van der Waals surface area contributed by atoms with Gasteiger partial charge in [-0.15, -0.1) is 0 Å². The number of aromatic amines is 1. The number of hydrogen-bond donors (Lipinski definition) is 1. The molecule has 1 saturated heterocycles. The molecule has 0 spiro atoms. The van der Waals surface area contributed by atoms with Crippen LogP contribution in [0.5, 0.6) is 0 Å². The summed E-state index contributed by atoms with van der Waals surface area (Å²) in [5.74, 6) is 1.58. The van der Waals surface area contributed by atoms with Crippen molar-refractivity contribution >= 4 is 16.8 Å². The van der Waals surface area contributed by atoms with Gasteiger partial charge in [-0.1, -0.05) is 23.4 Å². The van der Waals surface area contributed by atoms with Crippen molar-refractivity contribution in [3.8, 4) is 0 Å². The van der Waals surface area contributed by atoms with Gasteiger partial charge in [-0.05, 0) is 18.6 Å². The van der Waals surface area contributed by atoms with E-state index in [9.17, 15) is 4.79 Å². The monoisotopic (exact) mass is 296 g/mol. The molecule has 6 heteroatoms. The molecule has 4 rings (SSSR count). The molecule has 2 aromatic heterocycles. The molecule has 0 atom stereocenters. The summed E-state index contributed by atoms with van der Waals surface area (Å²) >= 11 is 0. The molecule has 1 N–H and O–H groups in total. The van der Waals surface area contributed by atoms with Crippen LogP contribution in [0.4, 0.5) is 0 Å². The number of hydrogen-bond acceptors (Lipinski definition) is 4. The second kappa shape index (κ2) is 4.98. The van der Waals surface area contributed by atoms with Gasteiger partial charge in [-0.25, -0.2) is 0 Å². The molecule has 112 valence electrons. The molecular weight excluding hydrogens is 280 g/mol. The van der Waals surface area contributed by atoms with Gasteiger partial charge in [0, 0.05) is 30.2 Å². The largest absolute Gasteiger partial charge is 0.361 e. The molecule has 3 aromatic rings. The highest BCUT2D eigenvalue weighted by molar-refractivity contribution is 5.89. The van der Waals surface area contributed by atoms with Crippen molar-refractivity contribution in [3.05, 3.63) is 47.7 Å². The van der Waals surface area contributed by atoms with Crippen LogP contribution in [-0.2, 0) is 11.2 Å². The number of amides is 1. The summed E-state index contributed by atoms with van der Waals surface area (Å²) in [5, 5.41) is 4.90. The number of fused-ring (bicyclic) bond motifs is 1. The number of nitrogens with one attached hydrogen (secondary N) is 1. The molecule has 0 aliphatic carbocycles. The third-order valence-corrected chi connectivity index (χ3v) is 4.14. The lowest BCUT2D eigenvalue weighted by Gasteiger charge is -2.37. The zero-order chi connectivity index (χ0) is 15.1. The van der Waals surface area contributed by atoms with Crippen LogP contribution >= 0.6 is 0 Å². The zero-order valence-electron chi connectivity index (χ0n) is 12.2. The Morgan fingerprint density at radius 1 is 1.41 bits per heavy atom. The Balaban J connectivity index is 1.42. The lowest BCUT2D eigenvalue weighted by atomic mass is 9.98. The van der Waals surface area contributed by atoms with E-state index in [1.165, 1.54) is 0 Å². The minimum Gasteiger partial charge on any atom is -0.361 e. The number of carbonyl (C=O) groups is 1. The van der Waals surface area contributed by atoms with Gasteiger partial charge in [0.1, 0.15) is 0 Å². The maximum absolute atomic E-state index is 12.4. The van der Waals surface area contributed by atoms with Crippen molar-refractivity contribution in [2.75, 3.05) is 13.1 Å². The van der Waals surface area contributed by atoms with Crippen LogP contribution in [0, 0.1) is 6.92 Å². The van der Waals surface area contributed by atoms with Crippen LogP contribution in [0.2, 0.25) is 0 Å². The van der Waals surface area contributed by atoms with Crippen LogP contribution < -0.4 is 0 Å². The van der Waals surface area contributed by atoms with Gasteiger partial charge in [0.05, 0.1) is 12.3 Å². The summed E-state index contributed by atoms with van der Waals surface area (Å²) < 4.78 is 5.16. The SMILES string of the molecule is Cc1noc(C2CN(C(=O)Cc3c[nH]c4ccccc34)C2)n1. The second-order valence-electron chi connectivity index (χ2n) is 5.71. The topological polar surface area (TPSA) is 75.0 Å². The minimum atomic E-state index is 0.136. The highest BCUT2D eigenvalue weighted by atomic mass is 16.5. The van der Waals surface area contributed by atoms with Gasteiger partial charge in [-0.3, -0.25) is 4.79 Å². The molecule has 0 saturated carbocycles. The van der Waals surface area contributed by atoms with E-state index in [4.69, 9.17) is 4.52 Å². The summed E-state index contributed by atoms with van der Waals surface area (Å²) in [6, 6.07) is 8.02. The van der Waals surface area contributed by atoms with Crippen LogP contribution in [0.1, 0.15) is 23.2 Å². The van der Waals surface area contributed by atoms with E-state index >= 15 is 0 Å². The number of H-pyrrole nitrogens is 1. The van der Waals surface area contributed by atoms with E-state index < -0.39 is 0 Å². The van der Waals surface area contributed by atoms with Gasteiger partial charge >= 0.3 is 0 Å². The molecular formula is C16H16N4O2. The quantitative estimate of drug-likeness (QED) is 0.802. The second-order valence-corrected chi connectivity index (χ2v) is 5.71. The third-order valence-electron chi connectivity index (χ3n) is 4.14. The Morgan fingerprint density at radius 2 is 2.23 bits per heavy atom. The Morgan fingerprint density at radius 3 is 3.00 bits per heavy atom. The normalized spacial score (nSPS) is 15.2. The maximum Gasteiger partial charge on any atom is 0.233 e. The maximum atomic E-state index is 12.4. The number of likely N-dealkylation sites (tertiary alicyclic amines) is 1. The fraction of sp³-hybridized carbons (Fsp3) is 0.312. The van der Waals surface area contributed by atoms with Crippen LogP contribution in [0.25, 0.3) is 10.9 Å². The van der Waals surface area contributed by atoms with Crippen LogP contribution in [0.3, 0.4) is 0 Å². The Bertz CT molecular complexity index is 829. The minimum absolute atomic E-state index is 0.136. The molecule has 1 aliphatic heterocycles. The fourth-order valence-electron chi connectivity index (χ4n) is 2.87. The lowest BCUT2D eigenvalue weighted by molar-refractivity contribution is -0.135. The predicted octanol–water partition coefficient (Wildman–Crippen LogP) is 2.03. The van der Waals surface area contributed by atoms with Gasteiger partial charge in [0.2, 0.25) is 11.8 Å². The molecule has 0 bridgehead atoms. The number of nitrogens with zero attached hydrogens (tertiary/aromatic N) is 3. The van der Waals surface area contributed by atoms with Gasteiger partial charge in [-0.2, -0.15) is 4.98 Å². The molecule has 1 fully saturated rings. The first-order valence-corrected chi connectivity index (χ1v) is 7.33. The van der Waals surface area contributed by atoms with Crippen molar-refractivity contribution in [3.63, 3.8) is 0 Å². The Hall–Kier alpha value is -2.63. The average Bonchev–Trinajstić information content (AvgIpc) is 3.05. The zero-order valence-corrected chi connectivity index (χ0v) is 12.2. The van der Waals surface area contributed by atoms with Crippen molar-refractivity contribution in [2.24, 2.45) is 0 Å². The Kier molecular flexibility index (Phi) is 2.96. The highest BCUT2D eigenvalue weighted by Crippen LogP contribution is 2.27. The number of benzene rings is 1. The van der Waals surface area contributed by atoms with E-state index in [-0.39, 0.29) is 11.8 Å². The predicted molar refractivity (Wildman–Crippen MR) is 80.4 cm³/mol. The number of para-hydroxylation sites is 1. The molecule has 1 aromatic carbocycles. The summed E-state index contributed by atoms with van der Waals surface area (Å²) in [4.78, 5) is 21.6. The summed E-state index contributed by atoms with van der Waals surface area (Å²) in [6.45, 7) is 3.11. The van der Waals surface area contributed by atoms with E-state index in [1.54, 1.807) is 6.92 Å². The fourth-order valence-corrected chi connectivity index (χ4v) is 2.87. The van der Waals surface area contributed by atoms with E-state index in [2.05, 4.69) is 15.1 Å². The van der Waals surface area contributed by atoms with Gasteiger partial charge in [0.15, 0.2) is 5.82 Å². The number of aryl methyl sites for hydroxylation is 1. The first-order valence-electron chi connectivity index (χ1n) is 7.33. The molecule has 22 heavy (non-hydrogen) atoms. The molecule has 1 amide bonds. The smallest absolute Gasteiger partial charge is 0.233 e. The summed E-state index contributed by atoms with van der Waals surface area (Å²) in [6.07, 6.45) is 2.33. The number of rotatable bonds is 3.